The zero-order chi connectivity index (χ0) is 20.6. The summed E-state index contributed by atoms with van der Waals surface area (Å²) in [4.78, 5) is 16.8. The Bertz CT molecular complexity index is 819. The molecule has 1 fully saturated rings. The van der Waals surface area contributed by atoms with Gasteiger partial charge in [-0.2, -0.15) is 0 Å². The van der Waals surface area contributed by atoms with Crippen LogP contribution in [0.3, 0.4) is 0 Å². The van der Waals surface area contributed by atoms with Crippen LogP contribution in [0.25, 0.3) is 0 Å². The molecule has 1 aliphatic heterocycles. The van der Waals surface area contributed by atoms with Gasteiger partial charge in [-0.05, 0) is 36.2 Å². The number of ether oxygens (including phenoxy) is 3. The van der Waals surface area contributed by atoms with Crippen LogP contribution in [0.2, 0.25) is 0 Å². The van der Waals surface area contributed by atoms with Crippen molar-refractivity contribution < 1.29 is 19.0 Å². The van der Waals surface area contributed by atoms with Gasteiger partial charge in [-0.15, -0.1) is 0 Å². The molecule has 0 unspecified atom stereocenters. The number of piperazine rings is 1. The van der Waals surface area contributed by atoms with Gasteiger partial charge in [-0.3, -0.25) is 4.90 Å². The number of carbonyl (C=O) groups is 1. The maximum atomic E-state index is 12.6. The van der Waals surface area contributed by atoms with Crippen LogP contribution in [-0.2, 0) is 6.42 Å². The maximum absolute atomic E-state index is 12.6. The molecule has 156 valence electrons. The van der Waals surface area contributed by atoms with Gasteiger partial charge in [-0.25, -0.2) is 4.79 Å². The molecule has 1 saturated heterocycles. The van der Waals surface area contributed by atoms with Crippen LogP contribution >= 0.6 is 0 Å². The summed E-state index contributed by atoms with van der Waals surface area (Å²) >= 11 is 0. The molecule has 7 nitrogen and oxygen atoms in total. The molecule has 29 heavy (non-hydrogen) atoms. The lowest BCUT2D eigenvalue weighted by Crippen LogP contribution is -2.50. The third-order valence-corrected chi connectivity index (χ3v) is 5.17. The van der Waals surface area contributed by atoms with Gasteiger partial charge in [0.15, 0.2) is 11.5 Å². The van der Waals surface area contributed by atoms with Gasteiger partial charge in [0.2, 0.25) is 0 Å². The second kappa shape index (κ2) is 10.0. The highest BCUT2D eigenvalue weighted by Crippen LogP contribution is 2.28. The third kappa shape index (κ3) is 5.32. The first kappa shape index (κ1) is 20.8. The second-order valence-electron chi connectivity index (χ2n) is 6.90. The third-order valence-electron chi connectivity index (χ3n) is 5.17. The van der Waals surface area contributed by atoms with Gasteiger partial charge >= 0.3 is 6.03 Å². The number of hydrogen-bond donors (Lipinski definition) is 1. The van der Waals surface area contributed by atoms with Crippen molar-refractivity contribution in [2.24, 2.45) is 0 Å². The lowest BCUT2D eigenvalue weighted by Gasteiger charge is -2.34. The molecule has 0 radical (unpaired) electrons. The number of hydrogen-bond acceptors (Lipinski definition) is 5. The summed E-state index contributed by atoms with van der Waals surface area (Å²) in [6, 6.07) is 13.4. The zero-order valence-electron chi connectivity index (χ0n) is 17.3. The number of methoxy groups -OCH3 is 3. The van der Waals surface area contributed by atoms with Crippen molar-refractivity contribution in [2.45, 2.75) is 6.42 Å². The molecule has 1 N–H and O–H groups in total. The molecule has 0 saturated carbocycles. The Balaban J connectivity index is 1.47. The average Bonchev–Trinajstić information content (AvgIpc) is 2.78. The number of nitrogens with zero attached hydrogens (tertiary/aromatic N) is 2. The highest BCUT2D eigenvalue weighted by atomic mass is 16.5. The first-order valence-corrected chi connectivity index (χ1v) is 9.76. The average molecular weight is 399 g/mol. The second-order valence-corrected chi connectivity index (χ2v) is 6.90. The molecule has 2 amide bonds. The van der Waals surface area contributed by atoms with Crippen LogP contribution in [0.5, 0.6) is 17.2 Å². The Morgan fingerprint density at radius 2 is 1.59 bits per heavy atom. The molecule has 0 aliphatic carbocycles. The maximum Gasteiger partial charge on any atom is 0.322 e. The predicted octanol–water partition coefficient (Wildman–Crippen LogP) is 3.10. The molecule has 1 heterocycles. The molecular formula is C22H29N3O4. The van der Waals surface area contributed by atoms with E-state index < -0.39 is 0 Å². The number of nitrogens with one attached hydrogen (secondary N) is 1. The van der Waals surface area contributed by atoms with E-state index in [-0.39, 0.29) is 6.03 Å². The van der Waals surface area contributed by atoms with Gasteiger partial charge < -0.3 is 24.4 Å². The van der Waals surface area contributed by atoms with E-state index in [9.17, 15) is 4.79 Å². The van der Waals surface area contributed by atoms with E-state index >= 15 is 0 Å². The summed E-state index contributed by atoms with van der Waals surface area (Å²) in [6.07, 6.45) is 0.924. The number of rotatable bonds is 7. The van der Waals surface area contributed by atoms with Crippen LogP contribution < -0.4 is 19.5 Å². The largest absolute Gasteiger partial charge is 0.495 e. The van der Waals surface area contributed by atoms with Crippen LogP contribution in [0.4, 0.5) is 10.5 Å². The minimum atomic E-state index is -0.0889. The van der Waals surface area contributed by atoms with E-state index in [1.165, 1.54) is 5.56 Å². The molecule has 3 rings (SSSR count). The Hall–Kier alpha value is -2.93. The number of anilines is 1. The van der Waals surface area contributed by atoms with E-state index in [0.717, 1.165) is 37.6 Å². The smallest absolute Gasteiger partial charge is 0.322 e. The van der Waals surface area contributed by atoms with Crippen LogP contribution in [0.1, 0.15) is 5.56 Å². The highest BCUT2D eigenvalue weighted by Gasteiger charge is 2.21. The Morgan fingerprint density at radius 3 is 2.28 bits per heavy atom. The van der Waals surface area contributed by atoms with Gasteiger partial charge in [0.05, 0.1) is 27.0 Å². The minimum absolute atomic E-state index is 0.0889. The standard InChI is InChI=1S/C22H29N3O4/c1-27-19-7-5-4-6-18(19)23-22(26)25-14-12-24(13-15-25)11-10-17-8-9-20(28-2)21(16-17)29-3/h4-9,16H,10-15H2,1-3H3,(H,23,26). The number of para-hydroxylation sites is 2. The van der Waals surface area contributed by atoms with E-state index in [1.54, 1.807) is 21.3 Å². The minimum Gasteiger partial charge on any atom is -0.495 e. The topological polar surface area (TPSA) is 63.3 Å². The van der Waals surface area contributed by atoms with E-state index in [4.69, 9.17) is 14.2 Å². The first-order chi connectivity index (χ1) is 14.1. The van der Waals surface area contributed by atoms with Crippen molar-refractivity contribution in [3.8, 4) is 17.2 Å². The van der Waals surface area contributed by atoms with Gasteiger partial charge in [0.1, 0.15) is 5.75 Å². The normalized spacial score (nSPS) is 14.4. The SMILES string of the molecule is COc1ccccc1NC(=O)N1CCN(CCc2ccc(OC)c(OC)c2)CC1. The summed E-state index contributed by atoms with van der Waals surface area (Å²) < 4.78 is 16.0. The Labute approximate surface area is 172 Å². The quantitative estimate of drug-likeness (QED) is 0.775. The fraction of sp³-hybridized carbons (Fsp3) is 0.409. The summed E-state index contributed by atoms with van der Waals surface area (Å²) in [5.41, 5.74) is 1.90. The molecule has 2 aromatic carbocycles. The van der Waals surface area contributed by atoms with Gasteiger partial charge in [0, 0.05) is 32.7 Å². The first-order valence-electron chi connectivity index (χ1n) is 9.76. The molecule has 0 atom stereocenters. The molecule has 7 heteroatoms. The molecule has 1 aliphatic rings. The van der Waals surface area contributed by atoms with Crippen molar-refractivity contribution in [2.75, 3.05) is 59.4 Å². The number of urea groups is 1. The van der Waals surface area contributed by atoms with Crippen molar-refractivity contribution >= 4 is 11.7 Å². The molecule has 0 aromatic heterocycles. The van der Waals surface area contributed by atoms with Crippen molar-refractivity contribution in [1.82, 2.24) is 9.80 Å². The monoisotopic (exact) mass is 399 g/mol. The van der Waals surface area contributed by atoms with Crippen molar-refractivity contribution in [3.05, 3.63) is 48.0 Å². The van der Waals surface area contributed by atoms with Crippen LogP contribution in [-0.4, -0.2) is 69.9 Å². The Kier molecular flexibility index (Phi) is 7.19. The molecular weight excluding hydrogens is 370 g/mol. The van der Waals surface area contributed by atoms with E-state index in [2.05, 4.69) is 16.3 Å². The molecule has 0 bridgehead atoms. The number of carbonyl (C=O) groups excluding carboxylic acids is 1. The lowest BCUT2D eigenvalue weighted by atomic mass is 10.1. The zero-order valence-corrected chi connectivity index (χ0v) is 17.3. The highest BCUT2D eigenvalue weighted by molar-refractivity contribution is 5.91. The Morgan fingerprint density at radius 1 is 0.897 bits per heavy atom. The number of benzene rings is 2. The van der Waals surface area contributed by atoms with Gasteiger partial charge in [-0.1, -0.05) is 18.2 Å². The summed E-state index contributed by atoms with van der Waals surface area (Å²) in [7, 11) is 4.89. The van der Waals surface area contributed by atoms with Gasteiger partial charge in [0.25, 0.3) is 0 Å². The fourth-order valence-corrected chi connectivity index (χ4v) is 3.44. The predicted molar refractivity (Wildman–Crippen MR) is 113 cm³/mol. The van der Waals surface area contributed by atoms with Crippen molar-refractivity contribution in [1.29, 1.82) is 0 Å². The summed E-state index contributed by atoms with van der Waals surface area (Å²) in [5, 5.41) is 2.95. The number of amides is 2. The summed E-state index contributed by atoms with van der Waals surface area (Å²) in [6.45, 7) is 4.05. The van der Waals surface area contributed by atoms with Crippen LogP contribution in [0.15, 0.2) is 42.5 Å². The molecule has 0 spiro atoms. The van der Waals surface area contributed by atoms with Crippen LogP contribution in [0, 0.1) is 0 Å². The van der Waals surface area contributed by atoms with Crippen molar-refractivity contribution in [3.63, 3.8) is 0 Å². The summed E-state index contributed by atoms with van der Waals surface area (Å²) in [5.74, 6) is 2.16. The molecule has 2 aromatic rings. The fourth-order valence-electron chi connectivity index (χ4n) is 3.44. The van der Waals surface area contributed by atoms with E-state index in [1.807, 2.05) is 41.3 Å². The lowest BCUT2D eigenvalue weighted by molar-refractivity contribution is 0.148. The van der Waals surface area contributed by atoms with E-state index in [0.29, 0.717) is 24.5 Å².